The minimum Gasteiger partial charge on any atom is -0.350 e. The molecule has 0 bridgehead atoms. The number of hydrogen-bond acceptors (Lipinski definition) is 4. The molecular weight excluding hydrogens is 500 g/mol. The Bertz CT molecular complexity index is 936. The number of nitrogens with zero attached hydrogens (tertiary/aromatic N) is 2. The van der Waals surface area contributed by atoms with Crippen LogP contribution in [0.4, 0.5) is 5.69 Å². The third-order valence-electron chi connectivity index (χ3n) is 7.40. The van der Waals surface area contributed by atoms with Gasteiger partial charge in [0.15, 0.2) is 0 Å². The third-order valence-corrected chi connectivity index (χ3v) is 7.40. The Morgan fingerprint density at radius 3 is 2.17 bits per heavy atom. The molecule has 1 heterocycles. The van der Waals surface area contributed by atoms with Crippen LogP contribution in [-0.2, 0) is 27.2 Å². The summed E-state index contributed by atoms with van der Waals surface area (Å²) >= 11 is 0. The number of aryl methyl sites for hydroxylation is 1. The molecule has 2 aliphatic rings. The molecule has 226 valence electrons. The number of carbonyl (C=O) groups excluding carboxylic acids is 3. The number of rotatable bonds is 9. The van der Waals surface area contributed by atoms with Gasteiger partial charge in [-0.3, -0.25) is 14.4 Å². The minimum atomic E-state index is -0.239. The topological polar surface area (TPSA) is 81.8 Å². The first-order chi connectivity index (χ1) is 19.1. The van der Waals surface area contributed by atoms with Crippen LogP contribution in [0.1, 0.15) is 98.1 Å². The fraction of sp³-hybridized carbons (Fsp3) is 0.667. The van der Waals surface area contributed by atoms with Crippen molar-refractivity contribution in [1.82, 2.24) is 15.1 Å². The van der Waals surface area contributed by atoms with Crippen LogP contribution in [0.25, 0.3) is 0 Å². The second-order valence-electron chi connectivity index (χ2n) is 11.6. The van der Waals surface area contributed by atoms with Gasteiger partial charge in [0.25, 0.3) is 5.91 Å². The van der Waals surface area contributed by atoms with E-state index in [4.69, 9.17) is 0 Å². The van der Waals surface area contributed by atoms with E-state index in [1.54, 1.807) is 18.9 Å². The van der Waals surface area contributed by atoms with Crippen LogP contribution in [-0.4, -0.2) is 66.8 Å². The van der Waals surface area contributed by atoms with E-state index in [2.05, 4.69) is 49.3 Å². The standard InChI is InChI=1S/C22H31N3O3.C8H17N.C3H8/c1-15(2)20(25(4)21(27)13-23-14-26)12-16(3)22(28)24-19-11-7-9-17-8-5-6-10-18(17)19;1-8(2)9-6-4-3-5-7-9;1-3-2/h7,9,11-12,14-15,20H,5-6,8,10,13H2,1-4H3,(H,23,26)(H,24,28);8H,3-7H2,1-2H3;3H2,1-2H3/b16-12+;;/t20-;;/m1../s1. The SMILES string of the molecule is C/C(=C\[C@H](C(C)C)N(C)C(=O)CNC=O)C(=O)Nc1cccc2c1CCCC2.CC(C)N1CCCCC1.CCC. The van der Waals surface area contributed by atoms with E-state index in [9.17, 15) is 14.4 Å². The van der Waals surface area contributed by atoms with Gasteiger partial charge in [0.05, 0.1) is 12.6 Å². The molecule has 0 radical (unpaired) electrons. The lowest BCUT2D eigenvalue weighted by Gasteiger charge is -2.29. The maximum Gasteiger partial charge on any atom is 0.251 e. The van der Waals surface area contributed by atoms with Gasteiger partial charge in [-0.15, -0.1) is 0 Å². The summed E-state index contributed by atoms with van der Waals surface area (Å²) < 4.78 is 0. The van der Waals surface area contributed by atoms with Crippen LogP contribution in [0.5, 0.6) is 0 Å². The van der Waals surface area contributed by atoms with Crippen molar-refractivity contribution in [2.24, 2.45) is 5.92 Å². The van der Waals surface area contributed by atoms with E-state index in [0.717, 1.165) is 31.0 Å². The summed E-state index contributed by atoms with van der Waals surface area (Å²) in [7, 11) is 1.69. The molecule has 1 aromatic carbocycles. The van der Waals surface area contributed by atoms with Gasteiger partial charge in [-0.25, -0.2) is 0 Å². The quantitative estimate of drug-likeness (QED) is 0.290. The van der Waals surface area contributed by atoms with Gasteiger partial charge in [-0.2, -0.15) is 0 Å². The molecule has 40 heavy (non-hydrogen) atoms. The normalized spacial score (nSPS) is 16.0. The zero-order valence-electron chi connectivity index (χ0n) is 26.5. The van der Waals surface area contributed by atoms with Gasteiger partial charge in [-0.05, 0) is 95.5 Å². The lowest BCUT2D eigenvalue weighted by molar-refractivity contribution is -0.132. The van der Waals surface area contributed by atoms with Crippen molar-refractivity contribution in [3.05, 3.63) is 41.0 Å². The summed E-state index contributed by atoms with van der Waals surface area (Å²) in [6.07, 6.45) is 12.2. The molecule has 7 nitrogen and oxygen atoms in total. The Morgan fingerprint density at radius 1 is 1.00 bits per heavy atom. The zero-order chi connectivity index (χ0) is 30.1. The van der Waals surface area contributed by atoms with Crippen LogP contribution in [0.15, 0.2) is 29.8 Å². The molecule has 1 fully saturated rings. The molecule has 0 spiro atoms. The van der Waals surface area contributed by atoms with Crippen molar-refractivity contribution in [3.8, 4) is 0 Å². The highest BCUT2D eigenvalue weighted by Gasteiger charge is 2.22. The molecule has 1 aromatic rings. The molecule has 1 saturated heterocycles. The number of nitrogens with one attached hydrogen (secondary N) is 2. The average Bonchev–Trinajstić information content (AvgIpc) is 2.95. The highest BCUT2D eigenvalue weighted by molar-refractivity contribution is 6.04. The first-order valence-electron chi connectivity index (χ1n) is 15.3. The molecule has 7 heteroatoms. The largest absolute Gasteiger partial charge is 0.350 e. The molecule has 2 N–H and O–H groups in total. The maximum atomic E-state index is 12.8. The molecule has 0 aromatic heterocycles. The van der Waals surface area contributed by atoms with Crippen molar-refractivity contribution in [2.45, 2.75) is 112 Å². The van der Waals surface area contributed by atoms with Gasteiger partial charge in [-0.1, -0.05) is 58.7 Å². The summed E-state index contributed by atoms with van der Waals surface area (Å²) in [5.74, 6) is -0.235. The molecular formula is C33H56N4O3. The van der Waals surface area contributed by atoms with Crippen molar-refractivity contribution in [1.29, 1.82) is 0 Å². The van der Waals surface area contributed by atoms with Crippen LogP contribution < -0.4 is 10.6 Å². The molecule has 1 aliphatic heterocycles. The van der Waals surface area contributed by atoms with E-state index in [0.29, 0.717) is 12.0 Å². The fourth-order valence-corrected chi connectivity index (χ4v) is 5.06. The number of amides is 3. The van der Waals surface area contributed by atoms with Gasteiger partial charge in [0.2, 0.25) is 12.3 Å². The van der Waals surface area contributed by atoms with Crippen LogP contribution >= 0.6 is 0 Å². The lowest BCUT2D eigenvalue weighted by Crippen LogP contribution is -2.43. The lowest BCUT2D eigenvalue weighted by atomic mass is 9.90. The van der Waals surface area contributed by atoms with E-state index >= 15 is 0 Å². The predicted molar refractivity (Wildman–Crippen MR) is 167 cm³/mol. The smallest absolute Gasteiger partial charge is 0.251 e. The Labute approximate surface area is 244 Å². The Balaban J connectivity index is 0.000000552. The van der Waals surface area contributed by atoms with Crippen LogP contribution in [0, 0.1) is 5.92 Å². The highest BCUT2D eigenvalue weighted by Crippen LogP contribution is 2.28. The molecule has 3 rings (SSSR count). The predicted octanol–water partition coefficient (Wildman–Crippen LogP) is 5.98. The molecule has 0 unspecified atom stereocenters. The van der Waals surface area contributed by atoms with Crippen molar-refractivity contribution in [2.75, 3.05) is 32.0 Å². The molecule has 3 amide bonds. The second kappa shape index (κ2) is 19.4. The fourth-order valence-electron chi connectivity index (χ4n) is 5.06. The number of likely N-dealkylation sites (N-methyl/N-ethyl adjacent to an activating group) is 1. The maximum absolute atomic E-state index is 12.8. The summed E-state index contributed by atoms with van der Waals surface area (Å²) in [5, 5.41) is 5.44. The Morgan fingerprint density at radius 2 is 1.62 bits per heavy atom. The first-order valence-corrected chi connectivity index (χ1v) is 15.3. The number of benzene rings is 1. The molecule has 0 saturated carbocycles. The van der Waals surface area contributed by atoms with E-state index in [1.165, 1.54) is 56.3 Å². The number of piperidine rings is 1. The highest BCUT2D eigenvalue weighted by atomic mass is 16.2. The summed E-state index contributed by atoms with van der Waals surface area (Å²) in [5.41, 5.74) is 4.01. The third kappa shape index (κ3) is 12.2. The van der Waals surface area contributed by atoms with Crippen LogP contribution in [0.3, 0.4) is 0 Å². The van der Waals surface area contributed by atoms with Crippen LogP contribution in [0.2, 0.25) is 0 Å². The number of hydrogen-bond donors (Lipinski definition) is 2. The number of likely N-dealkylation sites (tertiary alicyclic amines) is 1. The second-order valence-corrected chi connectivity index (χ2v) is 11.6. The Kier molecular flexibility index (Phi) is 17.2. The van der Waals surface area contributed by atoms with E-state index in [-0.39, 0.29) is 30.3 Å². The van der Waals surface area contributed by atoms with E-state index < -0.39 is 0 Å². The molecule has 1 aliphatic carbocycles. The van der Waals surface area contributed by atoms with Gasteiger partial charge < -0.3 is 20.4 Å². The summed E-state index contributed by atoms with van der Waals surface area (Å²) in [4.78, 5) is 39.6. The number of carbonyl (C=O) groups is 3. The van der Waals surface area contributed by atoms with E-state index in [1.807, 2.05) is 32.1 Å². The van der Waals surface area contributed by atoms with Gasteiger partial charge in [0, 0.05) is 24.4 Å². The summed E-state index contributed by atoms with van der Waals surface area (Å²) in [6.45, 7) is 17.2. The number of anilines is 1. The van der Waals surface area contributed by atoms with Crippen molar-refractivity contribution in [3.63, 3.8) is 0 Å². The molecule has 1 atom stereocenters. The van der Waals surface area contributed by atoms with Crippen molar-refractivity contribution >= 4 is 23.9 Å². The van der Waals surface area contributed by atoms with Gasteiger partial charge in [0.1, 0.15) is 0 Å². The van der Waals surface area contributed by atoms with Gasteiger partial charge >= 0.3 is 0 Å². The minimum absolute atomic E-state index is 0.0571. The van der Waals surface area contributed by atoms with Crippen molar-refractivity contribution < 1.29 is 14.4 Å². The average molecular weight is 557 g/mol. The zero-order valence-corrected chi connectivity index (χ0v) is 26.5. The first kappa shape index (κ1) is 35.4. The summed E-state index contributed by atoms with van der Waals surface area (Å²) in [6, 6.07) is 6.61. The Hall–Kier alpha value is -2.67. The number of fused-ring (bicyclic) bond motifs is 1. The monoisotopic (exact) mass is 556 g/mol.